The van der Waals surface area contributed by atoms with Gasteiger partial charge in [0.25, 0.3) is 5.92 Å². The SMILES string of the molecule is CCC1CN(c2nc3c(N4CCOCC4)nc(-c4cnc(N)nc4)nc3n2CC(F)(F)CC)CCN1C1CC1C. The second-order valence-electron chi connectivity index (χ2n) is 11.2. The third-order valence-electron chi connectivity index (χ3n) is 8.48. The van der Waals surface area contributed by atoms with Crippen molar-refractivity contribution in [1.82, 2.24) is 34.4 Å². The fourth-order valence-electron chi connectivity index (χ4n) is 5.90. The Labute approximate surface area is 232 Å². The zero-order chi connectivity index (χ0) is 28.0. The summed E-state index contributed by atoms with van der Waals surface area (Å²) in [5, 5.41) is 0. The van der Waals surface area contributed by atoms with Gasteiger partial charge >= 0.3 is 0 Å². The summed E-state index contributed by atoms with van der Waals surface area (Å²) in [4.78, 5) is 29.8. The summed E-state index contributed by atoms with van der Waals surface area (Å²) < 4.78 is 37.4. The Morgan fingerprint density at radius 2 is 1.75 bits per heavy atom. The van der Waals surface area contributed by atoms with Gasteiger partial charge in [-0.15, -0.1) is 0 Å². The maximum absolute atomic E-state index is 15.1. The number of halogens is 2. The molecule has 0 bridgehead atoms. The zero-order valence-electron chi connectivity index (χ0n) is 23.4. The largest absolute Gasteiger partial charge is 0.378 e. The fourth-order valence-corrected chi connectivity index (χ4v) is 5.90. The Morgan fingerprint density at radius 1 is 1.02 bits per heavy atom. The summed E-state index contributed by atoms with van der Waals surface area (Å²) in [5.74, 6) is -0.585. The molecule has 2 aliphatic heterocycles. The van der Waals surface area contributed by atoms with Gasteiger partial charge in [0.1, 0.15) is 0 Å². The van der Waals surface area contributed by atoms with Gasteiger partial charge < -0.3 is 20.3 Å². The third kappa shape index (κ3) is 5.16. The van der Waals surface area contributed by atoms with Crippen LogP contribution in [-0.4, -0.2) is 98.3 Å². The standard InChI is InChI=1S/C27H38F2N10O/c1-4-19-15-37(6-7-38(19)20-12-17(20)3)26-33-21-23(36-8-10-40-11-9-36)34-22(18-13-31-25(30)32-14-18)35-24(21)39(26)16-27(28,29)5-2/h13-14,17,19-20H,4-12,15-16H2,1-3H3,(H2,30,31,32). The lowest BCUT2D eigenvalue weighted by Crippen LogP contribution is -2.54. The molecule has 3 unspecified atom stereocenters. The summed E-state index contributed by atoms with van der Waals surface area (Å²) in [7, 11) is 0. The summed E-state index contributed by atoms with van der Waals surface area (Å²) in [6.07, 6.45) is 5.05. The van der Waals surface area contributed by atoms with Crippen molar-refractivity contribution < 1.29 is 13.5 Å². The number of rotatable bonds is 8. The molecular weight excluding hydrogens is 518 g/mol. The van der Waals surface area contributed by atoms with Crippen LogP contribution in [0.1, 0.15) is 40.0 Å². The second-order valence-corrected chi connectivity index (χ2v) is 11.2. The Kier molecular flexibility index (Phi) is 7.19. The first-order valence-electron chi connectivity index (χ1n) is 14.3. The van der Waals surface area contributed by atoms with E-state index in [1.165, 1.54) is 13.3 Å². The number of piperazine rings is 1. The van der Waals surface area contributed by atoms with Gasteiger partial charge in [0.2, 0.25) is 11.9 Å². The number of nitrogens with two attached hydrogens (primary N) is 1. The molecule has 3 aliphatic rings. The molecule has 40 heavy (non-hydrogen) atoms. The highest BCUT2D eigenvalue weighted by Crippen LogP contribution is 2.39. The quantitative estimate of drug-likeness (QED) is 0.444. The Hall–Kier alpha value is -3.19. The number of anilines is 3. The van der Waals surface area contributed by atoms with E-state index in [1.807, 2.05) is 0 Å². The van der Waals surface area contributed by atoms with Crippen molar-refractivity contribution in [2.24, 2.45) is 5.92 Å². The van der Waals surface area contributed by atoms with Gasteiger partial charge in [0.15, 0.2) is 22.8 Å². The van der Waals surface area contributed by atoms with Crippen LogP contribution in [0.2, 0.25) is 0 Å². The molecule has 0 spiro atoms. The predicted octanol–water partition coefficient (Wildman–Crippen LogP) is 3.06. The third-order valence-corrected chi connectivity index (χ3v) is 8.48. The van der Waals surface area contributed by atoms with E-state index in [2.05, 4.69) is 38.5 Å². The molecule has 0 radical (unpaired) electrons. The Balaban J connectivity index is 1.48. The van der Waals surface area contributed by atoms with E-state index >= 15 is 8.78 Å². The minimum absolute atomic E-state index is 0.137. The van der Waals surface area contributed by atoms with Crippen molar-refractivity contribution in [2.45, 2.75) is 64.6 Å². The molecule has 6 rings (SSSR count). The zero-order valence-corrected chi connectivity index (χ0v) is 23.4. The molecule has 216 valence electrons. The number of imidazole rings is 1. The molecule has 0 amide bonds. The van der Waals surface area contributed by atoms with E-state index < -0.39 is 12.5 Å². The maximum Gasteiger partial charge on any atom is 0.265 e. The summed E-state index contributed by atoms with van der Waals surface area (Å²) in [6.45, 7) is 10.2. The molecular formula is C27H38F2N10O. The molecule has 11 nitrogen and oxygen atoms in total. The van der Waals surface area contributed by atoms with Gasteiger partial charge in [-0.05, 0) is 18.8 Å². The monoisotopic (exact) mass is 556 g/mol. The normalized spacial score (nSPS) is 24.2. The van der Waals surface area contributed by atoms with Crippen molar-refractivity contribution in [3.05, 3.63) is 12.4 Å². The average Bonchev–Trinajstić information content (AvgIpc) is 3.60. The van der Waals surface area contributed by atoms with Gasteiger partial charge in [0.05, 0.1) is 25.3 Å². The summed E-state index contributed by atoms with van der Waals surface area (Å²) in [5.41, 5.74) is 7.17. The first-order valence-corrected chi connectivity index (χ1v) is 14.3. The van der Waals surface area contributed by atoms with Crippen molar-refractivity contribution in [3.63, 3.8) is 0 Å². The lowest BCUT2D eigenvalue weighted by Gasteiger charge is -2.42. The lowest BCUT2D eigenvalue weighted by molar-refractivity contribution is -0.0188. The number of nitrogens with zero attached hydrogens (tertiary/aromatic N) is 9. The number of aromatic nitrogens is 6. The van der Waals surface area contributed by atoms with E-state index in [-0.39, 0.29) is 12.4 Å². The Morgan fingerprint density at radius 3 is 2.40 bits per heavy atom. The number of fused-ring (bicyclic) bond motifs is 1. The lowest BCUT2D eigenvalue weighted by atomic mass is 10.1. The molecule has 13 heteroatoms. The van der Waals surface area contributed by atoms with Gasteiger partial charge in [0, 0.05) is 63.6 Å². The van der Waals surface area contributed by atoms with E-state index in [4.69, 9.17) is 25.4 Å². The molecule has 2 N–H and O–H groups in total. The van der Waals surface area contributed by atoms with Crippen LogP contribution in [0.5, 0.6) is 0 Å². The minimum atomic E-state index is -2.92. The van der Waals surface area contributed by atoms with E-state index in [1.54, 1.807) is 17.0 Å². The highest BCUT2D eigenvalue weighted by atomic mass is 19.3. The van der Waals surface area contributed by atoms with E-state index in [0.717, 1.165) is 32.0 Å². The van der Waals surface area contributed by atoms with Gasteiger partial charge in [-0.2, -0.15) is 0 Å². The van der Waals surface area contributed by atoms with Crippen LogP contribution in [0.4, 0.5) is 26.5 Å². The topological polar surface area (TPSA) is 114 Å². The number of alkyl halides is 2. The second kappa shape index (κ2) is 10.7. The first kappa shape index (κ1) is 27.0. The molecule has 1 aliphatic carbocycles. The van der Waals surface area contributed by atoms with Crippen LogP contribution in [0.15, 0.2) is 12.4 Å². The van der Waals surface area contributed by atoms with Crippen LogP contribution < -0.4 is 15.5 Å². The molecule has 5 heterocycles. The minimum Gasteiger partial charge on any atom is -0.378 e. The summed E-state index contributed by atoms with van der Waals surface area (Å²) in [6, 6.07) is 0.967. The molecule has 0 aromatic carbocycles. The van der Waals surface area contributed by atoms with Crippen LogP contribution in [0.25, 0.3) is 22.6 Å². The van der Waals surface area contributed by atoms with Crippen LogP contribution in [0, 0.1) is 5.92 Å². The molecule has 3 aromatic heterocycles. The number of hydrogen-bond donors (Lipinski definition) is 1. The molecule has 3 fully saturated rings. The van der Waals surface area contributed by atoms with E-state index in [0.29, 0.717) is 72.7 Å². The van der Waals surface area contributed by atoms with Crippen LogP contribution in [0.3, 0.4) is 0 Å². The number of hydrogen-bond acceptors (Lipinski definition) is 10. The highest BCUT2D eigenvalue weighted by Gasteiger charge is 2.43. The average molecular weight is 557 g/mol. The number of nitrogen functional groups attached to an aromatic ring is 1. The highest BCUT2D eigenvalue weighted by molar-refractivity contribution is 5.88. The van der Waals surface area contributed by atoms with Gasteiger partial charge in [-0.25, -0.2) is 33.7 Å². The van der Waals surface area contributed by atoms with Gasteiger partial charge in [-0.1, -0.05) is 20.8 Å². The fraction of sp³-hybridized carbons (Fsp3) is 0.667. The molecule has 2 saturated heterocycles. The van der Waals surface area contributed by atoms with Crippen molar-refractivity contribution in [2.75, 3.05) is 61.5 Å². The number of morpholine rings is 1. The van der Waals surface area contributed by atoms with Gasteiger partial charge in [-0.3, -0.25) is 9.47 Å². The van der Waals surface area contributed by atoms with Crippen LogP contribution in [-0.2, 0) is 11.3 Å². The summed E-state index contributed by atoms with van der Waals surface area (Å²) >= 11 is 0. The Bertz CT molecular complexity index is 1340. The molecule has 3 aromatic rings. The smallest absolute Gasteiger partial charge is 0.265 e. The van der Waals surface area contributed by atoms with Crippen molar-refractivity contribution in [3.8, 4) is 11.4 Å². The predicted molar refractivity (Wildman–Crippen MR) is 150 cm³/mol. The van der Waals surface area contributed by atoms with Crippen LogP contribution >= 0.6 is 0 Å². The first-order chi connectivity index (χ1) is 19.3. The van der Waals surface area contributed by atoms with Crippen molar-refractivity contribution >= 4 is 28.9 Å². The van der Waals surface area contributed by atoms with Crippen molar-refractivity contribution in [1.29, 1.82) is 0 Å². The maximum atomic E-state index is 15.1. The molecule has 3 atom stereocenters. The molecule has 1 saturated carbocycles. The number of ether oxygens (including phenoxy) is 1. The van der Waals surface area contributed by atoms with E-state index in [9.17, 15) is 0 Å².